The van der Waals surface area contributed by atoms with E-state index in [9.17, 15) is 9.59 Å². The summed E-state index contributed by atoms with van der Waals surface area (Å²) in [5.41, 5.74) is 3.99. The number of aromatic nitrogens is 1. The summed E-state index contributed by atoms with van der Waals surface area (Å²) in [4.78, 5) is 29.3. The zero-order valence-corrected chi connectivity index (χ0v) is 16.2. The predicted molar refractivity (Wildman–Crippen MR) is 110 cm³/mol. The van der Waals surface area contributed by atoms with Gasteiger partial charge in [-0.15, -0.1) is 11.3 Å². The summed E-state index contributed by atoms with van der Waals surface area (Å²) >= 11 is 1.48. The first kappa shape index (κ1) is 18.0. The van der Waals surface area contributed by atoms with E-state index in [4.69, 9.17) is 4.74 Å². The first-order valence-corrected chi connectivity index (χ1v) is 9.51. The van der Waals surface area contributed by atoms with Crippen LogP contribution in [0.5, 0.6) is 5.75 Å². The van der Waals surface area contributed by atoms with Crippen molar-refractivity contribution in [3.05, 3.63) is 47.8 Å². The van der Waals surface area contributed by atoms with Crippen molar-refractivity contribution in [3.63, 3.8) is 0 Å². The number of anilines is 4. The summed E-state index contributed by atoms with van der Waals surface area (Å²) in [6.45, 7) is 1.53. The van der Waals surface area contributed by atoms with E-state index in [0.717, 1.165) is 33.5 Å². The number of carbonyl (C=O) groups is 2. The Kier molecular flexibility index (Phi) is 4.70. The molecule has 28 heavy (non-hydrogen) atoms. The van der Waals surface area contributed by atoms with Crippen LogP contribution in [0.4, 0.5) is 22.2 Å². The lowest BCUT2D eigenvalue weighted by Gasteiger charge is -2.26. The number of fused-ring (bicyclic) bond motifs is 1. The van der Waals surface area contributed by atoms with Crippen LogP contribution < -0.4 is 20.3 Å². The lowest BCUT2D eigenvalue weighted by molar-refractivity contribution is -0.121. The van der Waals surface area contributed by atoms with Gasteiger partial charge in [0.1, 0.15) is 5.75 Å². The second kappa shape index (κ2) is 7.32. The Morgan fingerprint density at radius 3 is 2.86 bits per heavy atom. The van der Waals surface area contributed by atoms with Gasteiger partial charge in [-0.3, -0.25) is 9.59 Å². The number of carbonyl (C=O) groups excluding carboxylic acids is 2. The van der Waals surface area contributed by atoms with Crippen molar-refractivity contribution in [3.8, 4) is 17.0 Å². The number of rotatable bonds is 4. The quantitative estimate of drug-likeness (QED) is 0.702. The van der Waals surface area contributed by atoms with Gasteiger partial charge in [-0.05, 0) is 36.4 Å². The average molecular weight is 394 g/mol. The molecule has 0 saturated heterocycles. The molecule has 0 spiro atoms. The molecule has 0 atom stereocenters. The van der Waals surface area contributed by atoms with Gasteiger partial charge in [0.25, 0.3) is 5.91 Å². The van der Waals surface area contributed by atoms with Gasteiger partial charge in [-0.25, -0.2) is 4.98 Å². The van der Waals surface area contributed by atoms with E-state index in [-0.39, 0.29) is 18.4 Å². The van der Waals surface area contributed by atoms with Gasteiger partial charge in [0.05, 0.1) is 11.4 Å². The van der Waals surface area contributed by atoms with Gasteiger partial charge < -0.3 is 20.3 Å². The number of thiazole rings is 1. The maximum Gasteiger partial charge on any atom is 0.264 e. The van der Waals surface area contributed by atoms with Crippen LogP contribution in [0.3, 0.4) is 0 Å². The molecule has 4 rings (SSSR count). The first-order chi connectivity index (χ1) is 13.5. The fraction of sp³-hybridized carbons (Fsp3) is 0.150. The Bertz CT molecular complexity index is 1060. The normalized spacial score (nSPS) is 12.9. The third kappa shape index (κ3) is 3.67. The van der Waals surface area contributed by atoms with E-state index in [1.807, 2.05) is 47.8 Å². The average Bonchev–Trinajstić information content (AvgIpc) is 3.13. The van der Waals surface area contributed by atoms with E-state index in [1.165, 1.54) is 18.3 Å². The lowest BCUT2D eigenvalue weighted by Crippen LogP contribution is -2.35. The molecular formula is C20H18N4O3S. The Labute approximate surface area is 166 Å². The van der Waals surface area contributed by atoms with Crippen LogP contribution in [0, 0.1) is 0 Å². The highest BCUT2D eigenvalue weighted by Crippen LogP contribution is 2.36. The summed E-state index contributed by atoms with van der Waals surface area (Å²) in [5.74, 6) is 0.493. The molecule has 2 amide bonds. The second-order valence-corrected chi connectivity index (χ2v) is 7.21. The third-order valence-electron chi connectivity index (χ3n) is 4.28. The molecule has 0 saturated carbocycles. The molecule has 0 fully saturated rings. The highest BCUT2D eigenvalue weighted by molar-refractivity contribution is 7.14. The Morgan fingerprint density at radius 1 is 1.21 bits per heavy atom. The van der Waals surface area contributed by atoms with E-state index in [2.05, 4.69) is 15.6 Å². The Morgan fingerprint density at radius 2 is 2.04 bits per heavy atom. The van der Waals surface area contributed by atoms with Crippen LogP contribution in [-0.2, 0) is 9.59 Å². The molecule has 0 bridgehead atoms. The van der Waals surface area contributed by atoms with Crippen molar-refractivity contribution in [2.24, 2.45) is 0 Å². The van der Waals surface area contributed by atoms with Gasteiger partial charge in [-0.2, -0.15) is 0 Å². The number of ether oxygens (including phenoxy) is 1. The lowest BCUT2D eigenvalue weighted by atomic mass is 10.1. The van der Waals surface area contributed by atoms with Crippen molar-refractivity contribution >= 4 is 45.3 Å². The highest BCUT2D eigenvalue weighted by atomic mass is 32.1. The van der Waals surface area contributed by atoms with Crippen molar-refractivity contribution in [2.75, 3.05) is 29.2 Å². The van der Waals surface area contributed by atoms with Gasteiger partial charge in [0.15, 0.2) is 11.7 Å². The molecule has 3 aromatic rings. The molecule has 7 nitrogen and oxygen atoms in total. The zero-order chi connectivity index (χ0) is 19.7. The zero-order valence-electron chi connectivity index (χ0n) is 15.4. The molecular weight excluding hydrogens is 376 g/mol. The van der Waals surface area contributed by atoms with Crippen LogP contribution in [0.2, 0.25) is 0 Å². The Hall–Kier alpha value is -3.39. The van der Waals surface area contributed by atoms with Crippen LogP contribution in [0.1, 0.15) is 6.92 Å². The minimum absolute atomic E-state index is 0.0607. The predicted octanol–water partition coefficient (Wildman–Crippen LogP) is 3.87. The molecule has 142 valence electrons. The SMILES string of the molecule is CC(=O)Nc1cccc(Nc2nc(-c3ccc4c(c3)N(C)C(=O)CO4)cs2)c1. The minimum atomic E-state index is -0.117. The van der Waals surface area contributed by atoms with E-state index in [1.54, 1.807) is 11.9 Å². The number of benzene rings is 2. The van der Waals surface area contributed by atoms with Crippen LogP contribution in [0.25, 0.3) is 11.3 Å². The molecule has 2 aromatic carbocycles. The summed E-state index contributed by atoms with van der Waals surface area (Å²) in [6, 6.07) is 13.1. The van der Waals surface area contributed by atoms with Crippen LogP contribution in [-0.4, -0.2) is 30.5 Å². The summed E-state index contributed by atoms with van der Waals surface area (Å²) in [5, 5.41) is 8.69. The summed E-state index contributed by atoms with van der Waals surface area (Å²) in [7, 11) is 1.74. The van der Waals surface area contributed by atoms with Crippen molar-refractivity contribution in [1.29, 1.82) is 0 Å². The van der Waals surface area contributed by atoms with Gasteiger partial charge >= 0.3 is 0 Å². The number of likely N-dealkylation sites (N-methyl/N-ethyl adjacent to an activating group) is 1. The van der Waals surface area contributed by atoms with Crippen molar-refractivity contribution in [2.45, 2.75) is 6.92 Å². The number of hydrogen-bond acceptors (Lipinski definition) is 6. The first-order valence-electron chi connectivity index (χ1n) is 8.63. The second-order valence-electron chi connectivity index (χ2n) is 6.35. The molecule has 2 heterocycles. The Balaban J connectivity index is 1.55. The molecule has 0 radical (unpaired) electrons. The maximum absolute atomic E-state index is 11.9. The monoisotopic (exact) mass is 394 g/mol. The standard InChI is InChI=1S/C20H18N4O3S/c1-12(25)21-14-4-3-5-15(9-14)22-20-23-16(11-28-20)13-6-7-18-17(8-13)24(2)19(26)10-27-18/h3-9,11H,10H2,1-2H3,(H,21,25)(H,22,23). The molecule has 1 aromatic heterocycles. The molecule has 1 aliphatic rings. The number of nitrogens with one attached hydrogen (secondary N) is 2. The van der Waals surface area contributed by atoms with Crippen molar-refractivity contribution < 1.29 is 14.3 Å². The van der Waals surface area contributed by atoms with Crippen LogP contribution in [0.15, 0.2) is 47.8 Å². The van der Waals surface area contributed by atoms with Gasteiger partial charge in [0.2, 0.25) is 5.91 Å². The smallest absolute Gasteiger partial charge is 0.264 e. The third-order valence-corrected chi connectivity index (χ3v) is 5.04. The number of hydrogen-bond donors (Lipinski definition) is 2. The molecule has 0 aliphatic carbocycles. The summed E-state index contributed by atoms with van der Waals surface area (Å²) in [6.07, 6.45) is 0. The molecule has 2 N–H and O–H groups in total. The molecule has 0 unspecified atom stereocenters. The number of nitrogens with zero attached hydrogens (tertiary/aromatic N) is 2. The minimum Gasteiger partial charge on any atom is -0.482 e. The van der Waals surface area contributed by atoms with Crippen LogP contribution >= 0.6 is 11.3 Å². The van der Waals surface area contributed by atoms with E-state index < -0.39 is 0 Å². The van der Waals surface area contributed by atoms with Gasteiger partial charge in [-0.1, -0.05) is 6.07 Å². The molecule has 8 heteroatoms. The van der Waals surface area contributed by atoms with E-state index >= 15 is 0 Å². The fourth-order valence-electron chi connectivity index (χ4n) is 2.90. The van der Waals surface area contributed by atoms with Gasteiger partial charge in [0, 0.05) is 36.3 Å². The fourth-order valence-corrected chi connectivity index (χ4v) is 3.64. The number of amides is 2. The summed E-state index contributed by atoms with van der Waals surface area (Å²) < 4.78 is 5.47. The van der Waals surface area contributed by atoms with E-state index in [0.29, 0.717) is 5.75 Å². The topological polar surface area (TPSA) is 83.6 Å². The maximum atomic E-state index is 11.9. The largest absolute Gasteiger partial charge is 0.482 e. The highest BCUT2D eigenvalue weighted by Gasteiger charge is 2.22. The molecule has 1 aliphatic heterocycles. The van der Waals surface area contributed by atoms with Crippen molar-refractivity contribution in [1.82, 2.24) is 4.98 Å².